The molecular formula is C18H14O6. The maximum Gasteiger partial charge on any atom is 0.335 e. The van der Waals surface area contributed by atoms with Gasteiger partial charge in [0.25, 0.3) is 0 Å². The molecular weight excluding hydrogens is 312 g/mol. The smallest absolute Gasteiger partial charge is 0.335 e. The summed E-state index contributed by atoms with van der Waals surface area (Å²) in [4.78, 5) is 33.6. The number of hydrogen-bond acceptors (Lipinski definition) is 4. The van der Waals surface area contributed by atoms with E-state index in [1.807, 2.05) is 0 Å². The van der Waals surface area contributed by atoms with Crippen molar-refractivity contribution in [1.82, 2.24) is 0 Å². The van der Waals surface area contributed by atoms with Gasteiger partial charge in [-0.1, -0.05) is 12.1 Å². The fourth-order valence-corrected chi connectivity index (χ4v) is 3.01. The first-order valence-electron chi connectivity index (χ1n) is 7.26. The number of aromatic carboxylic acids is 2. The van der Waals surface area contributed by atoms with Crippen molar-refractivity contribution in [2.24, 2.45) is 0 Å². The van der Waals surface area contributed by atoms with Crippen molar-refractivity contribution in [2.45, 2.75) is 12.8 Å². The molecule has 0 heterocycles. The zero-order chi connectivity index (χ0) is 17.4. The lowest BCUT2D eigenvalue weighted by Crippen LogP contribution is -2.11. The minimum absolute atomic E-state index is 0.0292. The molecule has 1 aliphatic carbocycles. The number of fused-ring (bicyclic) bond motifs is 3. The molecule has 6 heteroatoms. The third kappa shape index (κ3) is 2.62. The molecule has 0 unspecified atom stereocenters. The van der Waals surface area contributed by atoms with Gasteiger partial charge >= 0.3 is 17.9 Å². The summed E-state index contributed by atoms with van der Waals surface area (Å²) in [7, 11) is 0. The largest absolute Gasteiger partial charge is 0.478 e. The molecule has 0 aromatic heterocycles. The van der Waals surface area contributed by atoms with E-state index >= 15 is 0 Å². The van der Waals surface area contributed by atoms with E-state index in [2.05, 4.69) is 0 Å². The minimum Gasteiger partial charge on any atom is -0.478 e. The molecule has 0 fully saturated rings. The van der Waals surface area contributed by atoms with Crippen molar-refractivity contribution < 1.29 is 29.3 Å². The van der Waals surface area contributed by atoms with E-state index in [0.29, 0.717) is 11.1 Å². The number of carboxylic acid groups (broad SMARTS) is 2. The maximum atomic E-state index is 11.2. The predicted molar refractivity (Wildman–Crippen MR) is 84.3 cm³/mol. The second-order valence-electron chi connectivity index (χ2n) is 5.57. The molecule has 3 rings (SSSR count). The Labute approximate surface area is 137 Å². The molecule has 2 aromatic rings. The summed E-state index contributed by atoms with van der Waals surface area (Å²) in [6.45, 7) is 1.32. The predicted octanol–water partition coefficient (Wildman–Crippen LogP) is 2.76. The fourth-order valence-electron chi connectivity index (χ4n) is 3.01. The number of carboxylic acids is 2. The van der Waals surface area contributed by atoms with Crippen LogP contribution >= 0.6 is 0 Å². The third-order valence-corrected chi connectivity index (χ3v) is 4.09. The van der Waals surface area contributed by atoms with Crippen LogP contribution in [0, 0.1) is 0 Å². The zero-order valence-corrected chi connectivity index (χ0v) is 12.8. The van der Waals surface area contributed by atoms with Gasteiger partial charge in [0.2, 0.25) is 0 Å². The number of rotatable bonds is 4. The molecule has 0 saturated carbocycles. The van der Waals surface area contributed by atoms with Gasteiger partial charge < -0.3 is 14.9 Å². The van der Waals surface area contributed by atoms with E-state index in [-0.39, 0.29) is 17.7 Å². The first-order chi connectivity index (χ1) is 11.4. The Bertz CT molecular complexity index is 804. The zero-order valence-electron chi connectivity index (χ0n) is 12.8. The first kappa shape index (κ1) is 15.7. The van der Waals surface area contributed by atoms with Crippen LogP contribution in [0.15, 0.2) is 36.4 Å². The molecule has 0 bridgehead atoms. The topological polar surface area (TPSA) is 101 Å². The summed E-state index contributed by atoms with van der Waals surface area (Å²) in [5.41, 5.74) is 3.34. The highest BCUT2D eigenvalue weighted by molar-refractivity contribution is 5.93. The summed E-state index contributed by atoms with van der Waals surface area (Å²) >= 11 is 0. The Morgan fingerprint density at radius 1 is 0.917 bits per heavy atom. The van der Waals surface area contributed by atoms with Crippen LogP contribution in [0.5, 0.6) is 0 Å². The van der Waals surface area contributed by atoms with Crippen LogP contribution in [0.4, 0.5) is 0 Å². The summed E-state index contributed by atoms with van der Waals surface area (Å²) in [6.07, 6.45) is 0. The average molecular weight is 326 g/mol. The van der Waals surface area contributed by atoms with Crippen molar-refractivity contribution in [3.05, 3.63) is 58.7 Å². The lowest BCUT2D eigenvalue weighted by Gasteiger charge is -2.14. The molecule has 2 N–H and O–H groups in total. The molecule has 0 amide bonds. The fraction of sp³-hybridized carbons (Fsp3) is 0.167. The first-order valence-corrected chi connectivity index (χ1v) is 7.26. The van der Waals surface area contributed by atoms with Gasteiger partial charge in [0.1, 0.15) is 6.61 Å². The Hall–Kier alpha value is -3.15. The van der Waals surface area contributed by atoms with Crippen molar-refractivity contribution in [3.8, 4) is 11.1 Å². The maximum absolute atomic E-state index is 11.2. The number of benzene rings is 2. The lowest BCUT2D eigenvalue weighted by atomic mass is 9.95. The van der Waals surface area contributed by atoms with E-state index < -0.39 is 23.8 Å². The summed E-state index contributed by atoms with van der Waals surface area (Å²) < 4.78 is 5.11. The van der Waals surface area contributed by atoms with E-state index in [1.165, 1.54) is 19.1 Å². The lowest BCUT2D eigenvalue weighted by molar-refractivity contribution is -0.141. The summed E-state index contributed by atoms with van der Waals surface area (Å²) in [6, 6.07) is 9.50. The van der Waals surface area contributed by atoms with Gasteiger partial charge in [0, 0.05) is 12.8 Å². The van der Waals surface area contributed by atoms with Gasteiger partial charge in [-0.3, -0.25) is 4.79 Å². The van der Waals surface area contributed by atoms with Crippen molar-refractivity contribution in [1.29, 1.82) is 0 Å². The normalized spacial score (nSPS) is 12.4. The molecule has 0 spiro atoms. The molecule has 24 heavy (non-hydrogen) atoms. The molecule has 122 valence electrons. The van der Waals surface area contributed by atoms with Crippen LogP contribution in [0.25, 0.3) is 11.1 Å². The van der Waals surface area contributed by atoms with Gasteiger partial charge in [-0.15, -0.1) is 0 Å². The number of hydrogen-bond donors (Lipinski definition) is 2. The van der Waals surface area contributed by atoms with Crippen molar-refractivity contribution >= 4 is 17.9 Å². The molecule has 6 nitrogen and oxygen atoms in total. The van der Waals surface area contributed by atoms with Gasteiger partial charge in [-0.2, -0.15) is 0 Å². The van der Waals surface area contributed by atoms with Crippen LogP contribution in [0.3, 0.4) is 0 Å². The number of esters is 1. The average Bonchev–Trinajstić information content (AvgIpc) is 2.84. The van der Waals surface area contributed by atoms with Crippen LogP contribution < -0.4 is 0 Å². The van der Waals surface area contributed by atoms with Crippen LogP contribution in [0.2, 0.25) is 0 Å². The Kier molecular flexibility index (Phi) is 3.81. The van der Waals surface area contributed by atoms with Crippen LogP contribution in [0.1, 0.15) is 44.7 Å². The SMILES string of the molecule is CC(=O)OCC1c2cc(C(=O)O)ccc2-c2ccc(C(=O)O)cc21. The number of carbonyl (C=O) groups is 3. The minimum atomic E-state index is -1.05. The molecule has 1 aliphatic rings. The summed E-state index contributed by atoms with van der Waals surface area (Å²) in [5.74, 6) is -2.94. The quantitative estimate of drug-likeness (QED) is 0.838. The van der Waals surface area contributed by atoms with Crippen LogP contribution in [-0.4, -0.2) is 34.7 Å². The Morgan fingerprint density at radius 2 is 1.38 bits per heavy atom. The molecule has 0 radical (unpaired) electrons. The number of ether oxygens (including phenoxy) is 1. The molecule has 0 aliphatic heterocycles. The second kappa shape index (κ2) is 5.81. The highest BCUT2D eigenvalue weighted by Crippen LogP contribution is 2.45. The van der Waals surface area contributed by atoms with Crippen LogP contribution in [-0.2, 0) is 9.53 Å². The van der Waals surface area contributed by atoms with E-state index in [1.54, 1.807) is 24.3 Å². The van der Waals surface area contributed by atoms with Gasteiger partial charge in [0.05, 0.1) is 11.1 Å². The highest BCUT2D eigenvalue weighted by atomic mass is 16.5. The molecule has 2 aromatic carbocycles. The Morgan fingerprint density at radius 3 is 1.75 bits per heavy atom. The van der Waals surface area contributed by atoms with E-state index in [0.717, 1.165) is 11.1 Å². The Balaban J connectivity index is 2.14. The molecule has 0 saturated heterocycles. The third-order valence-electron chi connectivity index (χ3n) is 4.09. The monoisotopic (exact) mass is 326 g/mol. The molecule has 0 atom stereocenters. The van der Waals surface area contributed by atoms with E-state index in [9.17, 15) is 24.6 Å². The standard InChI is InChI=1S/C18H14O6/c1-9(19)24-8-16-14-6-10(17(20)21)2-4-12(14)13-5-3-11(18(22)23)7-15(13)16/h2-7,16H,8H2,1H3,(H,20,21)(H,22,23). The number of carbonyl (C=O) groups excluding carboxylic acids is 1. The second-order valence-corrected chi connectivity index (χ2v) is 5.57. The summed E-state index contributed by atoms with van der Waals surface area (Å²) in [5, 5.41) is 18.4. The van der Waals surface area contributed by atoms with Gasteiger partial charge in [-0.05, 0) is 46.5 Å². The van der Waals surface area contributed by atoms with Gasteiger partial charge in [0.15, 0.2) is 0 Å². The van der Waals surface area contributed by atoms with Crippen molar-refractivity contribution in [2.75, 3.05) is 6.61 Å². The van der Waals surface area contributed by atoms with Crippen molar-refractivity contribution in [3.63, 3.8) is 0 Å². The highest BCUT2D eigenvalue weighted by Gasteiger charge is 2.31. The van der Waals surface area contributed by atoms with E-state index in [4.69, 9.17) is 4.74 Å². The van der Waals surface area contributed by atoms with Gasteiger partial charge in [-0.25, -0.2) is 9.59 Å².